The van der Waals surface area contributed by atoms with Gasteiger partial charge in [-0.1, -0.05) is 36.4 Å². The Morgan fingerprint density at radius 1 is 1.27 bits per heavy atom. The molecular formula is C15H21NO6. The van der Waals surface area contributed by atoms with E-state index in [0.717, 1.165) is 6.08 Å². The van der Waals surface area contributed by atoms with Crippen LogP contribution in [0.3, 0.4) is 0 Å². The van der Waals surface area contributed by atoms with Crippen LogP contribution in [0.4, 0.5) is 0 Å². The van der Waals surface area contributed by atoms with E-state index in [1.54, 1.807) is 30.3 Å². The van der Waals surface area contributed by atoms with Gasteiger partial charge in [0.2, 0.25) is 0 Å². The highest BCUT2D eigenvalue weighted by Crippen LogP contribution is 2.32. The Morgan fingerprint density at radius 2 is 1.82 bits per heavy atom. The first kappa shape index (κ1) is 18.3. The summed E-state index contributed by atoms with van der Waals surface area (Å²) in [5.41, 5.74) is 0.386. The average molecular weight is 311 g/mol. The van der Waals surface area contributed by atoms with Crippen molar-refractivity contribution in [1.82, 2.24) is 0 Å². The third kappa shape index (κ3) is 3.18. The van der Waals surface area contributed by atoms with Crippen LogP contribution in [0, 0.1) is 0 Å². The zero-order chi connectivity index (χ0) is 17.0. The molecule has 22 heavy (non-hydrogen) atoms. The number of aliphatic hydroxyl groups is 5. The number of rotatable bonds is 8. The molecule has 4 atom stereocenters. The fourth-order valence-corrected chi connectivity index (χ4v) is 2.24. The van der Waals surface area contributed by atoms with E-state index >= 15 is 0 Å². The second-order valence-electron chi connectivity index (χ2n) is 5.11. The molecule has 122 valence electrons. The molecule has 0 aliphatic heterocycles. The zero-order valence-corrected chi connectivity index (χ0v) is 12.0. The molecule has 0 heterocycles. The van der Waals surface area contributed by atoms with E-state index < -0.39 is 42.3 Å². The van der Waals surface area contributed by atoms with Gasteiger partial charge in [-0.3, -0.25) is 4.79 Å². The molecule has 0 spiro atoms. The summed E-state index contributed by atoms with van der Waals surface area (Å²) in [6.45, 7) is 2.40. The first-order chi connectivity index (χ1) is 10.2. The van der Waals surface area contributed by atoms with Crippen molar-refractivity contribution < 1.29 is 30.3 Å². The summed E-state index contributed by atoms with van der Waals surface area (Å²) in [7, 11) is 0. The van der Waals surface area contributed by atoms with E-state index in [1.807, 2.05) is 0 Å². The molecule has 0 aliphatic rings. The Labute approximate surface area is 127 Å². The molecule has 1 aromatic carbocycles. The Kier molecular flexibility index (Phi) is 5.81. The maximum atomic E-state index is 11.8. The highest BCUT2D eigenvalue weighted by atomic mass is 16.4. The van der Waals surface area contributed by atoms with Crippen LogP contribution >= 0.6 is 0 Å². The van der Waals surface area contributed by atoms with E-state index in [1.165, 1.54) is 0 Å². The van der Waals surface area contributed by atoms with Crippen LogP contribution in [0.15, 0.2) is 43.0 Å². The van der Waals surface area contributed by atoms with Crippen LogP contribution in [-0.2, 0) is 11.2 Å². The van der Waals surface area contributed by atoms with Crippen molar-refractivity contribution in [3.63, 3.8) is 0 Å². The first-order valence-electron chi connectivity index (χ1n) is 6.62. The van der Waals surface area contributed by atoms with Gasteiger partial charge >= 0.3 is 0 Å². The van der Waals surface area contributed by atoms with Crippen LogP contribution in [0.1, 0.15) is 5.56 Å². The normalized spacial score (nSPS) is 19.5. The maximum Gasteiger partial charge on any atom is 0.253 e. The van der Waals surface area contributed by atoms with Crippen LogP contribution in [0.25, 0.3) is 0 Å². The maximum absolute atomic E-state index is 11.8. The van der Waals surface area contributed by atoms with Gasteiger partial charge in [0.25, 0.3) is 5.91 Å². The summed E-state index contributed by atoms with van der Waals surface area (Å²) in [5, 5.41) is 49.6. The summed E-state index contributed by atoms with van der Waals surface area (Å²) in [6, 6.07) is 8.21. The monoisotopic (exact) mass is 311 g/mol. The molecular weight excluding hydrogens is 290 g/mol. The Hall–Kier alpha value is -1.77. The van der Waals surface area contributed by atoms with Gasteiger partial charge in [0, 0.05) is 6.42 Å². The summed E-state index contributed by atoms with van der Waals surface area (Å²) >= 11 is 0. The highest BCUT2D eigenvalue weighted by molar-refractivity contribution is 5.86. The number of primary amides is 1. The molecule has 0 saturated heterocycles. The number of hydrogen-bond acceptors (Lipinski definition) is 6. The van der Waals surface area contributed by atoms with Crippen molar-refractivity contribution in [2.24, 2.45) is 5.73 Å². The van der Waals surface area contributed by atoms with Crippen molar-refractivity contribution in [1.29, 1.82) is 0 Å². The van der Waals surface area contributed by atoms with Gasteiger partial charge in [-0.2, -0.15) is 0 Å². The number of nitrogens with two attached hydrogens (primary N) is 1. The molecule has 0 fully saturated rings. The van der Waals surface area contributed by atoms with Gasteiger partial charge in [0.15, 0.2) is 5.60 Å². The fraction of sp³-hybridized carbons (Fsp3) is 0.400. The van der Waals surface area contributed by atoms with Crippen molar-refractivity contribution in [2.75, 3.05) is 6.61 Å². The van der Waals surface area contributed by atoms with Gasteiger partial charge in [0.05, 0.1) is 6.61 Å². The summed E-state index contributed by atoms with van der Waals surface area (Å²) in [6.07, 6.45) is -3.56. The molecule has 1 rings (SSSR count). The largest absolute Gasteiger partial charge is 0.394 e. The van der Waals surface area contributed by atoms with Crippen molar-refractivity contribution in [3.8, 4) is 0 Å². The van der Waals surface area contributed by atoms with Gasteiger partial charge in [-0.25, -0.2) is 0 Å². The van der Waals surface area contributed by atoms with E-state index in [9.17, 15) is 25.2 Å². The molecule has 7 N–H and O–H groups in total. The third-order valence-electron chi connectivity index (χ3n) is 3.69. The minimum atomic E-state index is -2.66. The summed E-state index contributed by atoms with van der Waals surface area (Å²) in [5.74, 6) is -1.30. The SMILES string of the molecule is C=C[C@](O)([C@H](O)[C@H](O)CO)[C@](O)(Cc1ccccc1)C(N)=O. The molecule has 7 heteroatoms. The Morgan fingerprint density at radius 3 is 2.23 bits per heavy atom. The topological polar surface area (TPSA) is 144 Å². The molecule has 0 bridgehead atoms. The van der Waals surface area contributed by atoms with E-state index in [-0.39, 0.29) is 0 Å². The third-order valence-corrected chi connectivity index (χ3v) is 3.69. The minimum absolute atomic E-state index is 0.416. The van der Waals surface area contributed by atoms with Crippen LogP contribution in [0.5, 0.6) is 0 Å². The highest BCUT2D eigenvalue weighted by Gasteiger charge is 2.57. The smallest absolute Gasteiger partial charge is 0.253 e. The lowest BCUT2D eigenvalue weighted by Crippen LogP contribution is -2.69. The quantitative estimate of drug-likeness (QED) is 0.309. The second kappa shape index (κ2) is 6.99. The number of aliphatic hydroxyl groups excluding tert-OH is 3. The number of benzene rings is 1. The molecule has 0 unspecified atom stereocenters. The Bertz CT molecular complexity index is 522. The van der Waals surface area contributed by atoms with Gasteiger partial charge in [-0.05, 0) is 5.56 Å². The standard InChI is InChI=1S/C15H21NO6/c1-2-14(21,12(19)11(18)9-17)15(22,13(16)20)8-10-6-4-3-5-7-10/h2-7,11-12,17-19,21-22H,1,8-9H2,(H2,16,20)/t11-,12-,14+,15+/m1/s1. The first-order valence-corrected chi connectivity index (χ1v) is 6.62. The number of carbonyl (C=O) groups excluding carboxylic acids is 1. The van der Waals surface area contributed by atoms with Gasteiger partial charge in [-0.15, -0.1) is 6.58 Å². The van der Waals surface area contributed by atoms with Crippen molar-refractivity contribution >= 4 is 5.91 Å². The van der Waals surface area contributed by atoms with Crippen molar-refractivity contribution in [2.45, 2.75) is 29.8 Å². The van der Waals surface area contributed by atoms with Crippen LogP contribution in [-0.4, -0.2) is 61.5 Å². The number of amides is 1. The zero-order valence-electron chi connectivity index (χ0n) is 12.0. The molecule has 0 aromatic heterocycles. The van der Waals surface area contributed by atoms with E-state index in [4.69, 9.17) is 10.8 Å². The lowest BCUT2D eigenvalue weighted by molar-refractivity contribution is -0.202. The van der Waals surface area contributed by atoms with E-state index in [2.05, 4.69) is 6.58 Å². The number of hydrogen-bond donors (Lipinski definition) is 6. The fourth-order valence-electron chi connectivity index (χ4n) is 2.24. The van der Waals surface area contributed by atoms with E-state index in [0.29, 0.717) is 5.56 Å². The number of carbonyl (C=O) groups is 1. The molecule has 1 amide bonds. The van der Waals surface area contributed by atoms with Gasteiger partial charge < -0.3 is 31.3 Å². The Balaban J connectivity index is 3.31. The summed E-state index contributed by atoms with van der Waals surface area (Å²) < 4.78 is 0. The lowest BCUT2D eigenvalue weighted by atomic mass is 9.73. The molecule has 0 saturated carbocycles. The van der Waals surface area contributed by atoms with Crippen LogP contribution in [0.2, 0.25) is 0 Å². The molecule has 0 aliphatic carbocycles. The lowest BCUT2D eigenvalue weighted by Gasteiger charge is -2.43. The average Bonchev–Trinajstić information content (AvgIpc) is 2.53. The van der Waals surface area contributed by atoms with Gasteiger partial charge in [0.1, 0.15) is 17.8 Å². The molecule has 0 radical (unpaired) electrons. The predicted octanol–water partition coefficient (Wildman–Crippen LogP) is -1.92. The minimum Gasteiger partial charge on any atom is -0.394 e. The molecule has 1 aromatic rings. The molecule has 7 nitrogen and oxygen atoms in total. The van der Waals surface area contributed by atoms with Crippen LogP contribution < -0.4 is 5.73 Å². The second-order valence-corrected chi connectivity index (χ2v) is 5.11. The van der Waals surface area contributed by atoms with Crippen molar-refractivity contribution in [3.05, 3.63) is 48.6 Å². The predicted molar refractivity (Wildman–Crippen MR) is 78.5 cm³/mol. The summed E-state index contributed by atoms with van der Waals surface area (Å²) in [4.78, 5) is 11.8.